The van der Waals surface area contributed by atoms with Gasteiger partial charge in [-0.2, -0.15) is 5.10 Å². The van der Waals surface area contributed by atoms with E-state index in [1.165, 1.54) is 18.0 Å². The van der Waals surface area contributed by atoms with Crippen LogP contribution in [-0.2, 0) is 11.3 Å². The Morgan fingerprint density at radius 3 is 2.56 bits per heavy atom. The third kappa shape index (κ3) is 6.79. The fraction of sp³-hybridized carbons (Fsp3) is 0.182. The van der Waals surface area contributed by atoms with E-state index in [-0.39, 0.29) is 35.9 Å². The number of nitrogens with zero attached hydrogens (tertiary/aromatic N) is 5. The summed E-state index contributed by atoms with van der Waals surface area (Å²) >= 11 is 7.55. The molecule has 1 N–H and O–H groups in total. The number of aryl methyl sites for hydroxylation is 1. The number of methoxy groups -OCH3 is 1. The second kappa shape index (κ2) is 13.4. The Kier molecular flexibility index (Phi) is 8.99. The van der Waals surface area contributed by atoms with Gasteiger partial charge in [-0.1, -0.05) is 59.3 Å². The van der Waals surface area contributed by atoms with Gasteiger partial charge in [-0.25, -0.2) is 5.01 Å². The summed E-state index contributed by atoms with van der Waals surface area (Å²) in [7, 11) is 1.63. The van der Waals surface area contributed by atoms with Crippen molar-refractivity contribution in [2.24, 2.45) is 5.10 Å². The minimum Gasteiger partial charge on any atom is -0.497 e. The molecular weight excluding hydrogens is 612 g/mol. The van der Waals surface area contributed by atoms with E-state index in [0.29, 0.717) is 28.1 Å². The van der Waals surface area contributed by atoms with Gasteiger partial charge < -0.3 is 14.5 Å². The van der Waals surface area contributed by atoms with Crippen LogP contribution < -0.4 is 10.1 Å². The molecule has 45 heavy (non-hydrogen) atoms. The summed E-state index contributed by atoms with van der Waals surface area (Å²) < 4.78 is 12.3. The van der Waals surface area contributed by atoms with E-state index in [0.717, 1.165) is 28.2 Å². The lowest BCUT2D eigenvalue weighted by Gasteiger charge is -2.22. The molecule has 0 saturated heterocycles. The lowest BCUT2D eigenvalue weighted by molar-refractivity contribution is -0.130. The molecule has 0 radical (unpaired) electrons. The Hall–Kier alpha value is -4.87. The number of carbonyl (C=O) groups excluding carboxylic acids is 2. The second-order valence-corrected chi connectivity index (χ2v) is 11.7. The Balaban J connectivity index is 1.25. The maximum absolute atomic E-state index is 13.8. The van der Waals surface area contributed by atoms with Crippen molar-refractivity contribution < 1.29 is 18.7 Å². The largest absolute Gasteiger partial charge is 0.497 e. The van der Waals surface area contributed by atoms with E-state index in [9.17, 15) is 9.59 Å². The number of hydrogen-bond donors (Lipinski definition) is 1. The Morgan fingerprint density at radius 2 is 1.84 bits per heavy atom. The molecule has 2 amide bonds. The molecule has 0 saturated carbocycles. The van der Waals surface area contributed by atoms with Gasteiger partial charge in [-0.05, 0) is 72.6 Å². The molecule has 1 unspecified atom stereocenters. The van der Waals surface area contributed by atoms with Crippen LogP contribution in [0.25, 0.3) is 5.69 Å². The van der Waals surface area contributed by atoms with Crippen molar-refractivity contribution >= 4 is 40.9 Å². The highest BCUT2D eigenvalue weighted by Crippen LogP contribution is 2.34. The topological polar surface area (TPSA) is 115 Å². The standard InChI is InChI=1S/C33H29ClN6O4S/c1-21-8-10-23(11-9-21)28-18-27(22-12-14-26(43-2)15-13-22)38-40(28)31(41)20-45-33-37-36-30(19-35-32(42)29-7-4-16-44-29)39(33)25-6-3-5-24(34)17-25/h3-17,28H,18-20H2,1-2H3,(H,35,42). The summed E-state index contributed by atoms with van der Waals surface area (Å²) in [5.74, 6) is 0.895. The Morgan fingerprint density at radius 1 is 1.04 bits per heavy atom. The van der Waals surface area contributed by atoms with Gasteiger partial charge in [0.1, 0.15) is 5.75 Å². The van der Waals surface area contributed by atoms with Crippen LogP contribution in [0.2, 0.25) is 5.02 Å². The van der Waals surface area contributed by atoms with Crippen LogP contribution in [0.1, 0.15) is 45.5 Å². The van der Waals surface area contributed by atoms with Gasteiger partial charge in [-0.3, -0.25) is 14.2 Å². The van der Waals surface area contributed by atoms with Crippen molar-refractivity contribution in [3.05, 3.63) is 124 Å². The first kappa shape index (κ1) is 30.2. The van der Waals surface area contributed by atoms with Crippen LogP contribution in [0.4, 0.5) is 0 Å². The van der Waals surface area contributed by atoms with Gasteiger partial charge in [0, 0.05) is 11.4 Å². The summed E-state index contributed by atoms with van der Waals surface area (Å²) in [5, 5.41) is 18.9. The monoisotopic (exact) mass is 640 g/mol. The van der Waals surface area contributed by atoms with Gasteiger partial charge in [-0.15, -0.1) is 10.2 Å². The van der Waals surface area contributed by atoms with Gasteiger partial charge in [0.15, 0.2) is 16.7 Å². The fourth-order valence-corrected chi connectivity index (χ4v) is 5.98. The number of rotatable bonds is 10. The van der Waals surface area contributed by atoms with Gasteiger partial charge in [0.25, 0.3) is 11.8 Å². The number of ether oxygens (including phenoxy) is 1. The first-order valence-electron chi connectivity index (χ1n) is 14.1. The average Bonchev–Trinajstić information content (AvgIpc) is 3.83. The number of furan rings is 1. The number of carbonyl (C=O) groups is 2. The highest BCUT2D eigenvalue weighted by atomic mass is 35.5. The van der Waals surface area contributed by atoms with E-state index in [1.54, 1.807) is 41.0 Å². The zero-order chi connectivity index (χ0) is 31.3. The molecule has 1 aliphatic heterocycles. The number of nitrogens with one attached hydrogen (secondary N) is 1. The Bertz CT molecular complexity index is 1840. The first-order valence-corrected chi connectivity index (χ1v) is 15.5. The van der Waals surface area contributed by atoms with Crippen molar-refractivity contribution in [3.63, 3.8) is 0 Å². The predicted molar refractivity (Wildman–Crippen MR) is 172 cm³/mol. The lowest BCUT2D eigenvalue weighted by Crippen LogP contribution is -2.28. The molecule has 5 aromatic rings. The number of thioether (sulfide) groups is 1. The molecule has 3 aromatic carbocycles. The van der Waals surface area contributed by atoms with E-state index in [4.69, 9.17) is 25.9 Å². The molecule has 6 rings (SSSR count). The van der Waals surface area contributed by atoms with Crippen molar-refractivity contribution in [1.29, 1.82) is 0 Å². The van der Waals surface area contributed by atoms with Crippen LogP contribution in [-0.4, -0.2) is 50.2 Å². The number of benzene rings is 3. The number of aromatic nitrogens is 3. The number of hydrazone groups is 1. The third-order valence-corrected chi connectivity index (χ3v) is 8.44. The molecule has 3 heterocycles. The van der Waals surface area contributed by atoms with Gasteiger partial charge in [0.2, 0.25) is 0 Å². The first-order chi connectivity index (χ1) is 21.9. The number of amides is 2. The summed E-state index contributed by atoms with van der Waals surface area (Å²) in [6, 6.07) is 26.0. The third-order valence-electron chi connectivity index (χ3n) is 7.29. The summed E-state index contributed by atoms with van der Waals surface area (Å²) in [4.78, 5) is 26.4. The van der Waals surface area contributed by atoms with Crippen molar-refractivity contribution in [1.82, 2.24) is 25.1 Å². The highest BCUT2D eigenvalue weighted by molar-refractivity contribution is 7.99. The fourth-order valence-electron chi connectivity index (χ4n) is 4.98. The second-order valence-electron chi connectivity index (χ2n) is 10.3. The van der Waals surface area contributed by atoms with Crippen molar-refractivity contribution in [2.75, 3.05) is 12.9 Å². The summed E-state index contributed by atoms with van der Waals surface area (Å²) in [6.07, 6.45) is 2.01. The van der Waals surface area contributed by atoms with Gasteiger partial charge >= 0.3 is 0 Å². The smallest absolute Gasteiger partial charge is 0.287 e. The predicted octanol–water partition coefficient (Wildman–Crippen LogP) is 6.23. The maximum atomic E-state index is 13.8. The van der Waals surface area contributed by atoms with Crippen LogP contribution in [0.15, 0.2) is 106 Å². The van der Waals surface area contributed by atoms with Crippen molar-refractivity contribution in [3.8, 4) is 11.4 Å². The van der Waals surface area contributed by atoms with Crippen molar-refractivity contribution in [2.45, 2.75) is 31.1 Å². The zero-order valence-electron chi connectivity index (χ0n) is 24.5. The minimum atomic E-state index is -0.383. The maximum Gasteiger partial charge on any atom is 0.287 e. The van der Waals surface area contributed by atoms with Crippen LogP contribution in [0.3, 0.4) is 0 Å². The van der Waals surface area contributed by atoms with Crippen LogP contribution >= 0.6 is 23.4 Å². The van der Waals surface area contributed by atoms with E-state index in [2.05, 4.69) is 15.5 Å². The normalized spacial score (nSPS) is 14.3. The highest BCUT2D eigenvalue weighted by Gasteiger charge is 2.33. The van der Waals surface area contributed by atoms with E-state index >= 15 is 0 Å². The molecule has 228 valence electrons. The number of hydrogen-bond acceptors (Lipinski definition) is 8. The van der Waals surface area contributed by atoms with E-state index in [1.807, 2.05) is 67.6 Å². The molecule has 0 spiro atoms. The molecule has 1 aliphatic rings. The zero-order valence-corrected chi connectivity index (χ0v) is 26.1. The number of halogens is 1. The molecule has 12 heteroatoms. The van der Waals surface area contributed by atoms with E-state index < -0.39 is 0 Å². The molecular formula is C33H29ClN6O4S. The van der Waals surface area contributed by atoms with Crippen LogP contribution in [0.5, 0.6) is 5.75 Å². The summed E-state index contributed by atoms with van der Waals surface area (Å²) in [6.45, 7) is 2.11. The molecule has 0 fully saturated rings. The molecule has 1 atom stereocenters. The van der Waals surface area contributed by atoms with Gasteiger partial charge in [0.05, 0.1) is 43.1 Å². The molecule has 10 nitrogen and oxygen atoms in total. The Labute approximate surface area is 269 Å². The average molecular weight is 641 g/mol. The SMILES string of the molecule is COc1ccc(C2=NN(C(=O)CSc3nnc(CNC(=O)c4ccco4)n3-c3cccc(Cl)c3)C(c3ccc(C)cc3)C2)cc1. The quantitative estimate of drug-likeness (QED) is 0.180. The molecule has 2 aromatic heterocycles. The lowest BCUT2D eigenvalue weighted by atomic mass is 9.97. The molecule has 0 aliphatic carbocycles. The summed E-state index contributed by atoms with van der Waals surface area (Å²) in [5.41, 5.74) is 4.58. The minimum absolute atomic E-state index is 0.0548. The van der Waals surface area contributed by atoms with Crippen LogP contribution in [0, 0.1) is 6.92 Å². The molecule has 0 bridgehead atoms.